The Labute approximate surface area is 112 Å². The lowest BCUT2D eigenvalue weighted by atomic mass is 9.96. The maximum absolute atomic E-state index is 12.4. The first-order chi connectivity index (χ1) is 8.40. The molecule has 2 aliphatic heterocycles. The zero-order valence-electron chi connectivity index (χ0n) is 12.5. The summed E-state index contributed by atoms with van der Waals surface area (Å²) >= 11 is 0. The summed E-state index contributed by atoms with van der Waals surface area (Å²) in [5, 5.41) is 0. The number of nitrogens with zero attached hydrogens (tertiary/aromatic N) is 2. The molecular weight excluding hydrogens is 224 g/mol. The Bertz CT molecular complexity index is 314. The summed E-state index contributed by atoms with van der Waals surface area (Å²) in [4.78, 5) is 17.2. The molecule has 18 heavy (non-hydrogen) atoms. The largest absolute Gasteiger partial charge is 0.337 e. The van der Waals surface area contributed by atoms with Crippen LogP contribution in [0.25, 0.3) is 0 Å². The molecule has 2 fully saturated rings. The predicted octanol–water partition coefficient (Wildman–Crippen LogP) is 2.22. The van der Waals surface area contributed by atoms with Crippen molar-refractivity contribution in [3.63, 3.8) is 0 Å². The van der Waals surface area contributed by atoms with E-state index < -0.39 is 0 Å². The lowest BCUT2D eigenvalue weighted by Crippen LogP contribution is -2.51. The van der Waals surface area contributed by atoms with Gasteiger partial charge in [0.25, 0.3) is 0 Å². The third kappa shape index (κ3) is 2.56. The van der Waals surface area contributed by atoms with Gasteiger partial charge in [-0.2, -0.15) is 0 Å². The van der Waals surface area contributed by atoms with Gasteiger partial charge in [0.2, 0.25) is 5.91 Å². The van der Waals surface area contributed by atoms with E-state index in [1.165, 1.54) is 13.0 Å². The van der Waals surface area contributed by atoms with Crippen LogP contribution in [0, 0.1) is 17.8 Å². The fourth-order valence-electron chi connectivity index (χ4n) is 3.26. The Balaban J connectivity index is 1.93. The lowest BCUT2D eigenvalue weighted by molar-refractivity contribution is -0.138. The second kappa shape index (κ2) is 5.20. The van der Waals surface area contributed by atoms with Gasteiger partial charge in [-0.1, -0.05) is 34.6 Å². The van der Waals surface area contributed by atoms with E-state index in [1.807, 2.05) is 0 Å². The predicted molar refractivity (Wildman–Crippen MR) is 74.3 cm³/mol. The van der Waals surface area contributed by atoms with E-state index in [0.717, 1.165) is 19.0 Å². The molecule has 104 valence electrons. The van der Waals surface area contributed by atoms with Crippen molar-refractivity contribution >= 4 is 5.91 Å². The summed E-state index contributed by atoms with van der Waals surface area (Å²) in [6, 6.07) is 1.11. The molecule has 3 heteroatoms. The standard InChI is InChI=1S/C15H28N2O/c1-10(2)7-16-8-14-6-13(16)9-17(14)15(18)12(5)11(3)4/h10-14H,6-9H2,1-5H3/t12?,13-,14-/m0/s1. The molecule has 0 N–H and O–H groups in total. The molecule has 0 radical (unpaired) electrons. The van der Waals surface area contributed by atoms with Crippen molar-refractivity contribution in [3.8, 4) is 0 Å². The topological polar surface area (TPSA) is 23.6 Å². The number of hydrogen-bond donors (Lipinski definition) is 0. The maximum atomic E-state index is 12.4. The normalized spacial score (nSPS) is 29.6. The van der Waals surface area contributed by atoms with Gasteiger partial charge in [0, 0.05) is 37.6 Å². The number of fused-ring (bicyclic) bond motifs is 2. The van der Waals surface area contributed by atoms with Crippen LogP contribution in [0.1, 0.15) is 41.0 Å². The van der Waals surface area contributed by atoms with Crippen molar-refractivity contribution in [1.82, 2.24) is 9.80 Å². The molecule has 0 aromatic carbocycles. The first-order valence-corrected chi connectivity index (χ1v) is 7.44. The third-order valence-corrected chi connectivity index (χ3v) is 4.63. The van der Waals surface area contributed by atoms with Crippen molar-refractivity contribution < 1.29 is 4.79 Å². The molecule has 3 atom stereocenters. The summed E-state index contributed by atoms with van der Waals surface area (Å²) < 4.78 is 0. The Morgan fingerprint density at radius 1 is 1.11 bits per heavy atom. The molecule has 2 bridgehead atoms. The summed E-state index contributed by atoms with van der Waals surface area (Å²) in [6.45, 7) is 14.1. The highest BCUT2D eigenvalue weighted by molar-refractivity contribution is 5.79. The van der Waals surface area contributed by atoms with Gasteiger partial charge in [-0.3, -0.25) is 9.69 Å². The van der Waals surface area contributed by atoms with E-state index in [-0.39, 0.29) is 5.92 Å². The minimum atomic E-state index is 0.169. The van der Waals surface area contributed by atoms with Gasteiger partial charge in [0.15, 0.2) is 0 Å². The molecular formula is C15H28N2O. The average molecular weight is 252 g/mol. The minimum Gasteiger partial charge on any atom is -0.337 e. The molecule has 2 rings (SSSR count). The summed E-state index contributed by atoms with van der Waals surface area (Å²) in [5.41, 5.74) is 0. The fourth-order valence-corrected chi connectivity index (χ4v) is 3.26. The van der Waals surface area contributed by atoms with Gasteiger partial charge in [-0.15, -0.1) is 0 Å². The number of piperazine rings is 1. The first kappa shape index (κ1) is 13.9. The van der Waals surface area contributed by atoms with E-state index >= 15 is 0 Å². The number of likely N-dealkylation sites (tertiary alicyclic amines) is 2. The highest BCUT2D eigenvalue weighted by Gasteiger charge is 2.45. The van der Waals surface area contributed by atoms with Crippen LogP contribution in [0.2, 0.25) is 0 Å². The smallest absolute Gasteiger partial charge is 0.226 e. The van der Waals surface area contributed by atoms with Gasteiger partial charge < -0.3 is 4.90 Å². The zero-order chi connectivity index (χ0) is 13.4. The maximum Gasteiger partial charge on any atom is 0.226 e. The Kier molecular flexibility index (Phi) is 4.00. The first-order valence-electron chi connectivity index (χ1n) is 7.44. The lowest BCUT2D eigenvalue weighted by Gasteiger charge is -2.36. The van der Waals surface area contributed by atoms with Crippen LogP contribution in [0.5, 0.6) is 0 Å². The van der Waals surface area contributed by atoms with Gasteiger partial charge in [0.1, 0.15) is 0 Å². The second-order valence-corrected chi connectivity index (χ2v) is 6.91. The van der Waals surface area contributed by atoms with Crippen molar-refractivity contribution in [2.45, 2.75) is 53.1 Å². The van der Waals surface area contributed by atoms with Crippen LogP contribution in [0.15, 0.2) is 0 Å². The Morgan fingerprint density at radius 2 is 1.78 bits per heavy atom. The monoisotopic (exact) mass is 252 g/mol. The summed E-state index contributed by atoms with van der Waals surface area (Å²) in [6.07, 6.45) is 1.20. The zero-order valence-corrected chi connectivity index (χ0v) is 12.5. The van der Waals surface area contributed by atoms with Crippen molar-refractivity contribution in [2.75, 3.05) is 19.6 Å². The molecule has 0 saturated carbocycles. The molecule has 1 amide bonds. The van der Waals surface area contributed by atoms with Crippen LogP contribution in [-0.4, -0.2) is 47.4 Å². The molecule has 2 aliphatic rings. The summed E-state index contributed by atoms with van der Waals surface area (Å²) in [7, 11) is 0. The van der Waals surface area contributed by atoms with Gasteiger partial charge in [0.05, 0.1) is 0 Å². The molecule has 0 aromatic heterocycles. The molecule has 1 unspecified atom stereocenters. The minimum absolute atomic E-state index is 0.169. The van der Waals surface area contributed by atoms with Crippen LogP contribution >= 0.6 is 0 Å². The van der Waals surface area contributed by atoms with Crippen LogP contribution in [0.3, 0.4) is 0 Å². The van der Waals surface area contributed by atoms with E-state index in [0.29, 0.717) is 23.9 Å². The van der Waals surface area contributed by atoms with E-state index in [9.17, 15) is 4.79 Å². The average Bonchev–Trinajstić information content (AvgIpc) is 2.85. The molecule has 0 aromatic rings. The number of carbonyl (C=O) groups is 1. The summed E-state index contributed by atoms with van der Waals surface area (Å²) in [5.74, 6) is 1.72. The number of carbonyl (C=O) groups excluding carboxylic acids is 1. The van der Waals surface area contributed by atoms with Crippen LogP contribution < -0.4 is 0 Å². The number of rotatable bonds is 4. The van der Waals surface area contributed by atoms with Gasteiger partial charge in [-0.05, 0) is 18.3 Å². The fraction of sp³-hybridized carbons (Fsp3) is 0.933. The van der Waals surface area contributed by atoms with Crippen molar-refractivity contribution in [2.24, 2.45) is 17.8 Å². The Hall–Kier alpha value is -0.570. The van der Waals surface area contributed by atoms with Crippen LogP contribution in [-0.2, 0) is 4.79 Å². The highest BCUT2D eigenvalue weighted by Crippen LogP contribution is 2.32. The molecule has 2 heterocycles. The van der Waals surface area contributed by atoms with Gasteiger partial charge in [-0.25, -0.2) is 0 Å². The molecule has 3 nitrogen and oxygen atoms in total. The third-order valence-electron chi connectivity index (χ3n) is 4.63. The van der Waals surface area contributed by atoms with Gasteiger partial charge >= 0.3 is 0 Å². The quantitative estimate of drug-likeness (QED) is 0.766. The number of amides is 1. The van der Waals surface area contributed by atoms with Crippen LogP contribution in [0.4, 0.5) is 0 Å². The van der Waals surface area contributed by atoms with E-state index in [4.69, 9.17) is 0 Å². The second-order valence-electron chi connectivity index (χ2n) is 6.91. The van der Waals surface area contributed by atoms with Crippen molar-refractivity contribution in [1.29, 1.82) is 0 Å². The Morgan fingerprint density at radius 3 is 2.22 bits per heavy atom. The molecule has 2 saturated heterocycles. The highest BCUT2D eigenvalue weighted by atomic mass is 16.2. The SMILES string of the molecule is CC(C)CN1C[C@@H]2C[C@H]1CN2C(=O)C(C)C(C)C. The van der Waals surface area contributed by atoms with Crippen molar-refractivity contribution in [3.05, 3.63) is 0 Å². The molecule has 0 aliphatic carbocycles. The van der Waals surface area contributed by atoms with E-state index in [1.54, 1.807) is 0 Å². The van der Waals surface area contributed by atoms with E-state index in [2.05, 4.69) is 44.4 Å². The number of hydrogen-bond acceptors (Lipinski definition) is 2. The molecule has 0 spiro atoms.